The second-order valence-electron chi connectivity index (χ2n) is 7.50. The van der Waals surface area contributed by atoms with Crippen LogP contribution in [-0.2, 0) is 16.0 Å². The summed E-state index contributed by atoms with van der Waals surface area (Å²) < 4.78 is 5.39. The molecule has 0 saturated heterocycles. The topological polar surface area (TPSA) is 83.6 Å². The molecule has 2 N–H and O–H groups in total. The highest BCUT2D eigenvalue weighted by Crippen LogP contribution is 2.34. The zero-order valence-corrected chi connectivity index (χ0v) is 18.0. The van der Waals surface area contributed by atoms with Gasteiger partial charge in [-0.2, -0.15) is 0 Å². The molecule has 32 heavy (non-hydrogen) atoms. The van der Waals surface area contributed by atoms with Crippen LogP contribution in [0.4, 0.5) is 11.4 Å². The maximum atomic E-state index is 12.5. The Labute approximate surface area is 187 Å². The number of hydrogen-bond donors (Lipinski definition) is 2. The van der Waals surface area contributed by atoms with Crippen LogP contribution in [0.5, 0.6) is 5.75 Å². The van der Waals surface area contributed by atoms with E-state index in [1.807, 2.05) is 31.2 Å². The number of hydrogen-bond acceptors (Lipinski definition) is 5. The van der Waals surface area contributed by atoms with Crippen LogP contribution in [0.15, 0.2) is 73.1 Å². The Morgan fingerprint density at radius 3 is 2.62 bits per heavy atom. The van der Waals surface area contributed by atoms with E-state index in [2.05, 4.69) is 32.7 Å². The maximum absolute atomic E-state index is 12.5. The van der Waals surface area contributed by atoms with Crippen LogP contribution in [0.3, 0.4) is 0 Å². The SMILES string of the molecule is CCOc1ccc(NC(=O)C(=O)NC[C@H](c2cccnc2)N2CCc3ccccc32)cc1. The van der Waals surface area contributed by atoms with Gasteiger partial charge in [0.25, 0.3) is 0 Å². The number of aromatic nitrogens is 1. The fourth-order valence-electron chi connectivity index (χ4n) is 3.93. The van der Waals surface area contributed by atoms with E-state index in [1.54, 1.807) is 36.7 Å². The van der Waals surface area contributed by atoms with Gasteiger partial charge >= 0.3 is 11.8 Å². The molecule has 4 rings (SSSR count). The first-order chi connectivity index (χ1) is 15.7. The molecule has 2 amide bonds. The first-order valence-electron chi connectivity index (χ1n) is 10.7. The third kappa shape index (κ3) is 4.88. The van der Waals surface area contributed by atoms with Gasteiger partial charge in [0, 0.05) is 36.9 Å². The molecular formula is C25H26N4O3. The quantitative estimate of drug-likeness (QED) is 0.562. The number of nitrogens with one attached hydrogen (secondary N) is 2. The lowest BCUT2D eigenvalue weighted by molar-refractivity contribution is -0.136. The van der Waals surface area contributed by atoms with Crippen molar-refractivity contribution in [3.63, 3.8) is 0 Å². The molecule has 0 spiro atoms. The molecule has 0 unspecified atom stereocenters. The summed E-state index contributed by atoms with van der Waals surface area (Å²) in [6.45, 7) is 3.59. The highest BCUT2D eigenvalue weighted by molar-refractivity contribution is 6.39. The van der Waals surface area contributed by atoms with Crippen molar-refractivity contribution in [2.24, 2.45) is 0 Å². The number of carbonyl (C=O) groups excluding carboxylic acids is 2. The van der Waals surface area contributed by atoms with E-state index in [-0.39, 0.29) is 12.6 Å². The maximum Gasteiger partial charge on any atom is 0.313 e. The van der Waals surface area contributed by atoms with Gasteiger partial charge in [-0.3, -0.25) is 14.6 Å². The number of amides is 2. The van der Waals surface area contributed by atoms with Crippen molar-refractivity contribution in [1.82, 2.24) is 10.3 Å². The normalized spacial score (nSPS) is 13.2. The molecule has 0 bridgehead atoms. The van der Waals surface area contributed by atoms with E-state index >= 15 is 0 Å². The van der Waals surface area contributed by atoms with Gasteiger partial charge < -0.3 is 20.3 Å². The molecule has 3 aromatic rings. The molecule has 1 aliphatic heterocycles. The van der Waals surface area contributed by atoms with Gasteiger partial charge in [-0.15, -0.1) is 0 Å². The first-order valence-corrected chi connectivity index (χ1v) is 10.7. The predicted molar refractivity (Wildman–Crippen MR) is 124 cm³/mol. The molecule has 0 aliphatic carbocycles. The lowest BCUT2D eigenvalue weighted by Gasteiger charge is -2.30. The van der Waals surface area contributed by atoms with Gasteiger partial charge in [0.2, 0.25) is 0 Å². The van der Waals surface area contributed by atoms with Crippen LogP contribution in [0.2, 0.25) is 0 Å². The zero-order valence-electron chi connectivity index (χ0n) is 18.0. The average molecular weight is 431 g/mol. The van der Waals surface area contributed by atoms with Gasteiger partial charge in [0.05, 0.1) is 12.6 Å². The van der Waals surface area contributed by atoms with Gasteiger partial charge in [-0.25, -0.2) is 0 Å². The largest absolute Gasteiger partial charge is 0.494 e. The summed E-state index contributed by atoms with van der Waals surface area (Å²) in [6.07, 6.45) is 4.47. The van der Waals surface area contributed by atoms with E-state index in [4.69, 9.17) is 4.74 Å². The number of carbonyl (C=O) groups is 2. The summed E-state index contributed by atoms with van der Waals surface area (Å²) in [4.78, 5) is 31.4. The van der Waals surface area contributed by atoms with Crippen molar-refractivity contribution in [3.8, 4) is 5.75 Å². The predicted octanol–water partition coefficient (Wildman–Crippen LogP) is 3.34. The van der Waals surface area contributed by atoms with Crippen molar-refractivity contribution in [2.75, 3.05) is 29.9 Å². The minimum absolute atomic E-state index is 0.130. The number of rotatable bonds is 7. The molecule has 0 radical (unpaired) electrons. The van der Waals surface area contributed by atoms with Crippen molar-refractivity contribution in [3.05, 3.63) is 84.2 Å². The van der Waals surface area contributed by atoms with Crippen molar-refractivity contribution < 1.29 is 14.3 Å². The van der Waals surface area contributed by atoms with Crippen molar-refractivity contribution in [2.45, 2.75) is 19.4 Å². The summed E-state index contributed by atoms with van der Waals surface area (Å²) in [6, 6.07) is 18.9. The third-order valence-electron chi connectivity index (χ3n) is 5.45. The number of anilines is 2. The highest BCUT2D eigenvalue weighted by Gasteiger charge is 2.28. The van der Waals surface area contributed by atoms with Crippen LogP contribution in [0.25, 0.3) is 0 Å². The van der Waals surface area contributed by atoms with E-state index in [0.717, 1.165) is 24.2 Å². The summed E-state index contributed by atoms with van der Waals surface area (Å²) in [5, 5.41) is 5.42. The molecule has 0 fully saturated rings. The van der Waals surface area contributed by atoms with Gasteiger partial charge in [-0.1, -0.05) is 24.3 Å². The minimum atomic E-state index is -0.707. The second kappa shape index (κ2) is 9.96. The zero-order chi connectivity index (χ0) is 22.3. The third-order valence-corrected chi connectivity index (χ3v) is 5.45. The van der Waals surface area contributed by atoms with E-state index in [1.165, 1.54) is 5.56 Å². The summed E-state index contributed by atoms with van der Waals surface area (Å²) >= 11 is 0. The molecule has 2 heterocycles. The van der Waals surface area contributed by atoms with Crippen LogP contribution in [-0.4, -0.2) is 36.5 Å². The summed E-state index contributed by atoms with van der Waals surface area (Å²) in [7, 11) is 0. The van der Waals surface area contributed by atoms with E-state index in [9.17, 15) is 9.59 Å². The molecule has 164 valence electrons. The fourth-order valence-corrected chi connectivity index (χ4v) is 3.93. The minimum Gasteiger partial charge on any atom is -0.494 e. The van der Waals surface area contributed by atoms with Crippen LogP contribution >= 0.6 is 0 Å². The van der Waals surface area contributed by atoms with Gasteiger partial charge in [-0.05, 0) is 60.9 Å². The highest BCUT2D eigenvalue weighted by atomic mass is 16.5. The molecule has 7 heteroatoms. The second-order valence-corrected chi connectivity index (χ2v) is 7.50. The molecule has 7 nitrogen and oxygen atoms in total. The Kier molecular flexibility index (Phi) is 6.65. The standard InChI is InChI=1S/C25H26N4O3/c1-2-32-21-11-9-20(10-12-21)28-25(31)24(30)27-17-23(19-7-5-14-26-16-19)29-15-13-18-6-3-4-8-22(18)29/h3-12,14,16,23H,2,13,15,17H2,1H3,(H,27,30)(H,28,31)/t23-/m1/s1. The smallest absolute Gasteiger partial charge is 0.313 e. The van der Waals surface area contributed by atoms with Crippen LogP contribution in [0.1, 0.15) is 24.1 Å². The summed E-state index contributed by atoms with van der Waals surface area (Å²) in [5.41, 5.74) is 3.94. The molecule has 1 atom stereocenters. The molecule has 1 aliphatic rings. The molecular weight excluding hydrogens is 404 g/mol. The monoisotopic (exact) mass is 430 g/mol. The summed E-state index contributed by atoms with van der Waals surface area (Å²) in [5.74, 6) is -0.679. The molecule has 1 aromatic heterocycles. The van der Waals surface area contributed by atoms with Gasteiger partial charge in [0.15, 0.2) is 0 Å². The molecule has 2 aromatic carbocycles. The Balaban J connectivity index is 1.43. The first kappa shape index (κ1) is 21.4. The fraction of sp³-hybridized carbons (Fsp3) is 0.240. The Morgan fingerprint density at radius 1 is 1.06 bits per heavy atom. The Morgan fingerprint density at radius 2 is 1.88 bits per heavy atom. The van der Waals surface area contributed by atoms with Gasteiger partial charge in [0.1, 0.15) is 5.75 Å². The number of fused-ring (bicyclic) bond motifs is 1. The van der Waals surface area contributed by atoms with Crippen molar-refractivity contribution in [1.29, 1.82) is 0 Å². The number of para-hydroxylation sites is 1. The number of nitrogens with zero attached hydrogens (tertiary/aromatic N) is 2. The lowest BCUT2D eigenvalue weighted by Crippen LogP contribution is -2.41. The van der Waals surface area contributed by atoms with Crippen LogP contribution in [0, 0.1) is 0 Å². The Hall–Kier alpha value is -3.87. The van der Waals surface area contributed by atoms with Crippen LogP contribution < -0.4 is 20.3 Å². The lowest BCUT2D eigenvalue weighted by atomic mass is 10.1. The molecule has 0 saturated carbocycles. The Bertz CT molecular complexity index is 1070. The van der Waals surface area contributed by atoms with Crippen molar-refractivity contribution >= 4 is 23.2 Å². The number of pyridine rings is 1. The van der Waals surface area contributed by atoms with E-state index < -0.39 is 11.8 Å². The number of benzene rings is 2. The average Bonchev–Trinajstić information content (AvgIpc) is 3.25. The number of ether oxygens (including phenoxy) is 1. The van der Waals surface area contributed by atoms with E-state index in [0.29, 0.717) is 18.0 Å².